The van der Waals surface area contributed by atoms with Crippen molar-refractivity contribution < 1.29 is 23.3 Å². The maximum Gasteiger partial charge on any atom is 0.346 e. The summed E-state index contributed by atoms with van der Waals surface area (Å²) in [5.41, 5.74) is 5.14. The largest absolute Gasteiger partial charge is 0.386 e. The van der Waals surface area contributed by atoms with Crippen LogP contribution in [0.3, 0.4) is 0 Å². The van der Waals surface area contributed by atoms with Crippen LogP contribution in [-0.2, 0) is 14.5 Å². The van der Waals surface area contributed by atoms with Crippen molar-refractivity contribution in [3.63, 3.8) is 0 Å². The van der Waals surface area contributed by atoms with E-state index in [4.69, 9.17) is 28.9 Å². The van der Waals surface area contributed by atoms with Crippen molar-refractivity contribution in [2.24, 2.45) is 10.1 Å². The van der Waals surface area contributed by atoms with Crippen LogP contribution < -0.4 is 11.1 Å². The van der Waals surface area contributed by atoms with Gasteiger partial charge in [0.2, 0.25) is 0 Å². The highest BCUT2D eigenvalue weighted by Crippen LogP contribution is 2.21. The maximum absolute atomic E-state index is 13.1. The van der Waals surface area contributed by atoms with Crippen LogP contribution in [-0.4, -0.2) is 45.1 Å². The molecular formula is C13H16Cl2FN3O4S. The van der Waals surface area contributed by atoms with Crippen molar-refractivity contribution in [2.45, 2.75) is 21.9 Å². The summed E-state index contributed by atoms with van der Waals surface area (Å²) in [6, 6.07) is 3.13. The zero-order valence-electron chi connectivity index (χ0n) is 12.5. The van der Waals surface area contributed by atoms with E-state index in [9.17, 15) is 23.3 Å². The van der Waals surface area contributed by atoms with Gasteiger partial charge in [0.15, 0.2) is 4.84 Å². The van der Waals surface area contributed by atoms with Gasteiger partial charge >= 0.3 is 6.03 Å². The number of nitrogens with two attached hydrogens (primary N) is 1. The first kappa shape index (κ1) is 20.6. The second-order valence-electron chi connectivity index (χ2n) is 4.82. The number of carbonyl (C=O) groups excluding carboxylic acids is 2. The van der Waals surface area contributed by atoms with E-state index in [-0.39, 0.29) is 10.5 Å². The van der Waals surface area contributed by atoms with Crippen molar-refractivity contribution in [1.29, 1.82) is 0 Å². The standard InChI is InChI=1S/C13H16Cl2FN3O4S/c1-24(23,19-13(17)22)8-4-2-7(3-5-8)10(20)9(6-16)18-12(21)11(14)15/h2-5,9-11,20H,6H2,1H3,(H2,17,22)(H,18,21)/t9?,10-,24?/m1/s1. The van der Waals surface area contributed by atoms with Crippen LogP contribution in [0.5, 0.6) is 0 Å². The molecule has 0 aromatic heterocycles. The van der Waals surface area contributed by atoms with Crippen LogP contribution in [0.25, 0.3) is 0 Å². The molecule has 4 N–H and O–H groups in total. The molecule has 1 rings (SSSR count). The van der Waals surface area contributed by atoms with Crippen molar-refractivity contribution in [2.75, 3.05) is 12.9 Å². The Bertz CT molecular complexity index is 720. The van der Waals surface area contributed by atoms with Gasteiger partial charge in [-0.05, 0) is 17.7 Å². The predicted octanol–water partition coefficient (Wildman–Crippen LogP) is 1.51. The number of alkyl halides is 3. The van der Waals surface area contributed by atoms with E-state index in [2.05, 4.69) is 9.68 Å². The molecule has 0 aliphatic rings. The normalized spacial score (nSPS) is 16.1. The minimum absolute atomic E-state index is 0.208. The lowest BCUT2D eigenvalue weighted by molar-refractivity contribution is -0.121. The lowest BCUT2D eigenvalue weighted by Crippen LogP contribution is -2.43. The van der Waals surface area contributed by atoms with Crippen molar-refractivity contribution in [3.8, 4) is 0 Å². The molecule has 2 unspecified atom stereocenters. The second-order valence-corrected chi connectivity index (χ2v) is 8.17. The molecule has 3 atom stereocenters. The summed E-state index contributed by atoms with van der Waals surface area (Å²) in [6.07, 6.45) is -0.157. The average Bonchev–Trinajstić information content (AvgIpc) is 2.50. The lowest BCUT2D eigenvalue weighted by Gasteiger charge is -2.22. The van der Waals surface area contributed by atoms with E-state index in [0.717, 1.165) is 0 Å². The fraction of sp³-hybridized carbons (Fsp3) is 0.385. The molecule has 7 nitrogen and oxygen atoms in total. The van der Waals surface area contributed by atoms with Crippen LogP contribution in [0.15, 0.2) is 33.5 Å². The molecule has 0 heterocycles. The van der Waals surface area contributed by atoms with Gasteiger partial charge in [0.05, 0.1) is 15.8 Å². The molecule has 11 heteroatoms. The molecule has 0 bridgehead atoms. The number of nitrogens with one attached hydrogen (secondary N) is 1. The third kappa shape index (κ3) is 5.59. The van der Waals surface area contributed by atoms with Gasteiger partial charge in [-0.3, -0.25) is 4.79 Å². The topological polar surface area (TPSA) is 122 Å². The highest BCUT2D eigenvalue weighted by atomic mass is 35.5. The predicted molar refractivity (Wildman–Crippen MR) is 89.1 cm³/mol. The Kier molecular flexibility index (Phi) is 7.40. The number of hydrogen-bond donors (Lipinski definition) is 3. The first-order valence-corrected chi connectivity index (χ1v) is 9.32. The quantitative estimate of drug-likeness (QED) is 0.627. The Hall–Kier alpha value is -1.42. The minimum atomic E-state index is -3.02. The first-order valence-electron chi connectivity index (χ1n) is 6.52. The van der Waals surface area contributed by atoms with Gasteiger partial charge in [-0.1, -0.05) is 35.3 Å². The van der Waals surface area contributed by atoms with Crippen LogP contribution in [0.4, 0.5) is 9.18 Å². The van der Waals surface area contributed by atoms with E-state index in [1.54, 1.807) is 0 Å². The van der Waals surface area contributed by atoms with Crippen molar-refractivity contribution >= 4 is 44.9 Å². The minimum Gasteiger partial charge on any atom is -0.386 e. The third-order valence-electron chi connectivity index (χ3n) is 3.00. The summed E-state index contributed by atoms with van der Waals surface area (Å²) in [4.78, 5) is 21.0. The summed E-state index contributed by atoms with van der Waals surface area (Å²) in [7, 11) is -3.02. The number of amides is 3. The number of aliphatic hydroxyl groups is 1. The molecule has 3 amide bonds. The number of urea groups is 1. The molecule has 0 saturated carbocycles. The number of rotatable bonds is 6. The first-order chi connectivity index (χ1) is 11.1. The Morgan fingerprint density at radius 2 is 1.92 bits per heavy atom. The monoisotopic (exact) mass is 399 g/mol. The van der Waals surface area contributed by atoms with Crippen LogP contribution in [0.2, 0.25) is 0 Å². The molecule has 0 radical (unpaired) electrons. The number of carbonyl (C=O) groups is 2. The molecule has 0 saturated heterocycles. The van der Waals surface area contributed by atoms with Crippen molar-refractivity contribution in [1.82, 2.24) is 5.32 Å². The third-order valence-corrected chi connectivity index (χ3v) is 5.07. The van der Waals surface area contributed by atoms with Gasteiger partial charge in [0, 0.05) is 11.2 Å². The summed E-state index contributed by atoms with van der Waals surface area (Å²) >= 11 is 10.7. The Labute approximate surface area is 148 Å². The molecule has 24 heavy (non-hydrogen) atoms. The fourth-order valence-corrected chi connectivity index (χ4v) is 3.04. The summed E-state index contributed by atoms with van der Waals surface area (Å²) < 4.78 is 28.6. The van der Waals surface area contributed by atoms with Crippen LogP contribution in [0.1, 0.15) is 11.7 Å². The van der Waals surface area contributed by atoms with Crippen LogP contribution in [0, 0.1) is 0 Å². The zero-order chi connectivity index (χ0) is 18.5. The Balaban J connectivity index is 3.01. The van der Waals surface area contributed by atoms with Gasteiger partial charge in [-0.15, -0.1) is 4.36 Å². The molecule has 0 fully saturated rings. The van der Waals surface area contributed by atoms with Gasteiger partial charge in [-0.25, -0.2) is 13.4 Å². The summed E-state index contributed by atoms with van der Waals surface area (Å²) in [6.45, 7) is -1.06. The number of hydrogen-bond acceptors (Lipinski definition) is 4. The molecule has 0 aliphatic heterocycles. The van der Waals surface area contributed by atoms with E-state index < -0.39 is 45.3 Å². The number of nitrogens with zero attached hydrogens (tertiary/aromatic N) is 1. The highest BCUT2D eigenvalue weighted by molar-refractivity contribution is 7.93. The van der Waals surface area contributed by atoms with Crippen LogP contribution >= 0.6 is 23.2 Å². The van der Waals surface area contributed by atoms with Gasteiger partial charge in [0.1, 0.15) is 12.8 Å². The number of benzene rings is 1. The lowest BCUT2D eigenvalue weighted by atomic mass is 10.0. The number of aliphatic hydroxyl groups excluding tert-OH is 1. The second kappa shape index (κ2) is 8.61. The summed E-state index contributed by atoms with van der Waals surface area (Å²) in [5.74, 6) is -0.839. The molecule has 134 valence electrons. The highest BCUT2D eigenvalue weighted by Gasteiger charge is 2.25. The molecular weight excluding hydrogens is 384 g/mol. The Morgan fingerprint density at radius 3 is 2.33 bits per heavy atom. The van der Waals surface area contributed by atoms with Gasteiger partial charge < -0.3 is 16.2 Å². The van der Waals surface area contributed by atoms with E-state index in [1.165, 1.54) is 30.5 Å². The number of primary amides is 1. The smallest absolute Gasteiger partial charge is 0.346 e. The maximum atomic E-state index is 13.1. The van der Waals surface area contributed by atoms with Gasteiger partial charge in [-0.2, -0.15) is 0 Å². The molecule has 1 aromatic rings. The molecule has 1 aromatic carbocycles. The van der Waals surface area contributed by atoms with E-state index in [1.807, 2.05) is 0 Å². The van der Waals surface area contributed by atoms with E-state index >= 15 is 0 Å². The Morgan fingerprint density at radius 1 is 1.38 bits per heavy atom. The SMILES string of the molecule is CS(=O)(=NC(N)=O)c1ccc([C@@H](O)C(CF)NC(=O)C(Cl)Cl)cc1. The molecule has 0 spiro atoms. The summed E-state index contributed by atoms with van der Waals surface area (Å²) in [5, 5.41) is 12.3. The van der Waals surface area contributed by atoms with Gasteiger partial charge in [0.25, 0.3) is 5.91 Å². The van der Waals surface area contributed by atoms with E-state index in [0.29, 0.717) is 0 Å². The fourth-order valence-electron chi connectivity index (χ4n) is 1.82. The average molecular weight is 400 g/mol. The molecule has 0 aliphatic carbocycles. The zero-order valence-corrected chi connectivity index (χ0v) is 14.8. The number of halogens is 3. The van der Waals surface area contributed by atoms with Crippen molar-refractivity contribution in [3.05, 3.63) is 29.8 Å².